The van der Waals surface area contributed by atoms with Crippen LogP contribution < -0.4 is 0 Å². The molecule has 14 heteroatoms. The summed E-state index contributed by atoms with van der Waals surface area (Å²) in [6, 6.07) is 0. The molecule has 0 amide bonds. The molecule has 14 nitrogen and oxygen atoms in total. The summed E-state index contributed by atoms with van der Waals surface area (Å²) in [5.41, 5.74) is -5.89. The van der Waals surface area contributed by atoms with Crippen LogP contribution in [-0.4, -0.2) is 95.4 Å². The molecule has 0 aromatic carbocycles. The van der Waals surface area contributed by atoms with Crippen molar-refractivity contribution in [2.75, 3.05) is 6.61 Å². The molecular weight excluding hydrogens is 608 g/mol. The van der Waals surface area contributed by atoms with Crippen molar-refractivity contribution in [2.24, 2.45) is 16.7 Å². The van der Waals surface area contributed by atoms with Gasteiger partial charge < -0.3 is 38.3 Å². The van der Waals surface area contributed by atoms with Gasteiger partial charge in [0.25, 0.3) is 0 Å². The second-order valence-electron chi connectivity index (χ2n) is 13.6. The van der Waals surface area contributed by atoms with Crippen molar-refractivity contribution in [1.29, 1.82) is 0 Å². The molecule has 2 saturated carbocycles. The lowest BCUT2D eigenvalue weighted by molar-refractivity contribution is -0.284. The molecule has 4 rings (SSSR count). The summed E-state index contributed by atoms with van der Waals surface area (Å²) in [5.74, 6) is -5.60. The van der Waals surface area contributed by atoms with Gasteiger partial charge in [-0.2, -0.15) is 0 Å². The fourth-order valence-corrected chi connectivity index (χ4v) is 8.43. The first-order chi connectivity index (χ1) is 21.1. The molecule has 1 aliphatic heterocycles. The van der Waals surface area contributed by atoms with Crippen molar-refractivity contribution in [1.82, 2.24) is 0 Å². The van der Waals surface area contributed by atoms with Gasteiger partial charge in [0.1, 0.15) is 35.6 Å². The van der Waals surface area contributed by atoms with Gasteiger partial charge in [0.05, 0.1) is 12.0 Å². The Kier molecular flexibility index (Phi) is 9.16. The second kappa shape index (κ2) is 11.9. The number of fused-ring (bicyclic) bond motifs is 4. The number of carbonyl (C=O) groups is 6. The molecule has 1 unspecified atom stereocenters. The van der Waals surface area contributed by atoms with Crippen molar-refractivity contribution in [3.63, 3.8) is 0 Å². The smallest absolute Gasteiger partial charge is 0.303 e. The first-order valence-electron chi connectivity index (χ1n) is 15.2. The summed E-state index contributed by atoms with van der Waals surface area (Å²) < 4.78 is 41.5. The molecule has 1 heterocycles. The molecule has 256 valence electrons. The lowest BCUT2D eigenvalue weighted by atomic mass is 9.45. The van der Waals surface area contributed by atoms with E-state index in [1.807, 2.05) is 0 Å². The maximum atomic E-state index is 13.1. The summed E-state index contributed by atoms with van der Waals surface area (Å²) in [6.45, 7) is 13.6. The van der Waals surface area contributed by atoms with Crippen LogP contribution in [0.15, 0.2) is 11.1 Å². The normalized spacial score (nSPS) is 39.1. The zero-order chi connectivity index (χ0) is 34.7. The van der Waals surface area contributed by atoms with Gasteiger partial charge in [0.2, 0.25) is 0 Å². The van der Waals surface area contributed by atoms with Crippen molar-refractivity contribution in [2.45, 2.75) is 130 Å². The van der Waals surface area contributed by atoms with Gasteiger partial charge in [-0.25, -0.2) is 0 Å². The fourth-order valence-electron chi connectivity index (χ4n) is 8.43. The van der Waals surface area contributed by atoms with Crippen LogP contribution in [0.5, 0.6) is 0 Å². The lowest BCUT2D eigenvalue weighted by Gasteiger charge is -2.64. The molecule has 46 heavy (non-hydrogen) atoms. The van der Waals surface area contributed by atoms with Crippen LogP contribution >= 0.6 is 0 Å². The zero-order valence-electron chi connectivity index (χ0n) is 27.9. The molecule has 10 atom stereocenters. The quantitative estimate of drug-likeness (QED) is 0.189. The minimum absolute atomic E-state index is 0.0353. The van der Waals surface area contributed by atoms with Crippen LogP contribution in [0.3, 0.4) is 0 Å². The van der Waals surface area contributed by atoms with Crippen molar-refractivity contribution in [3.05, 3.63) is 11.1 Å². The first kappa shape index (κ1) is 35.3. The first-order valence-corrected chi connectivity index (χ1v) is 15.2. The Bertz CT molecular complexity index is 1360. The van der Waals surface area contributed by atoms with Crippen LogP contribution in [0.4, 0.5) is 0 Å². The van der Waals surface area contributed by atoms with E-state index in [4.69, 9.17) is 33.2 Å². The Hall–Kier alpha value is -3.52. The second-order valence-corrected chi connectivity index (χ2v) is 13.6. The highest BCUT2D eigenvalue weighted by Gasteiger charge is 2.80. The number of epoxide rings is 1. The van der Waals surface area contributed by atoms with Crippen LogP contribution in [-0.2, 0) is 61.9 Å². The predicted molar refractivity (Wildman–Crippen MR) is 154 cm³/mol. The Morgan fingerprint density at radius 3 is 1.61 bits per heavy atom. The molecule has 0 aromatic rings. The molecule has 4 aliphatic rings. The highest BCUT2D eigenvalue weighted by molar-refractivity contribution is 5.70. The summed E-state index contributed by atoms with van der Waals surface area (Å²) >= 11 is 0. The molecule has 3 fully saturated rings. The maximum absolute atomic E-state index is 13.1. The molecule has 2 bridgehead atoms. The maximum Gasteiger partial charge on any atom is 0.303 e. The van der Waals surface area contributed by atoms with E-state index in [1.165, 1.54) is 27.7 Å². The fraction of sp³-hybridized carbons (Fsp3) is 0.750. The van der Waals surface area contributed by atoms with Gasteiger partial charge in [-0.1, -0.05) is 20.8 Å². The third-order valence-corrected chi connectivity index (χ3v) is 10.3. The molecule has 1 saturated heterocycles. The van der Waals surface area contributed by atoms with E-state index < -0.39 is 100 Å². The monoisotopic (exact) mass is 652 g/mol. The standard InChI is InChI=1S/C32H44O14/c1-14-21(41-15(2)33)12-32(39)28(46-20(7)38)26-30(10,22(42-16(3)34)11-23(43-17(4)35)31(26)13-40-31)27(45-19(6)37)25(44-18(5)36)24(14)29(32,8)9/h21-23,25-28,39H,11-13H2,1-10H3/t21-,22-,23+,25-,26+,27+,28+,30-,31?,32-/m1/s1. The van der Waals surface area contributed by atoms with E-state index in [2.05, 4.69) is 0 Å². The molecule has 3 aliphatic carbocycles. The molecule has 1 N–H and O–H groups in total. The molecular formula is C32H44O14. The lowest BCUT2D eigenvalue weighted by Crippen LogP contribution is -2.76. The number of esters is 6. The largest absolute Gasteiger partial charge is 0.462 e. The summed E-state index contributed by atoms with van der Waals surface area (Å²) in [6.07, 6.45) is -8.16. The van der Waals surface area contributed by atoms with Gasteiger partial charge in [-0.15, -0.1) is 0 Å². The molecule has 0 aromatic heterocycles. The summed E-state index contributed by atoms with van der Waals surface area (Å²) in [4.78, 5) is 76.1. The number of hydrogen-bond acceptors (Lipinski definition) is 14. The number of rotatable bonds is 6. The Balaban J connectivity index is 2.20. The van der Waals surface area contributed by atoms with E-state index in [0.29, 0.717) is 5.57 Å². The topological polar surface area (TPSA) is 191 Å². The Labute approximate surface area is 267 Å². The van der Waals surface area contributed by atoms with Crippen molar-refractivity contribution >= 4 is 35.8 Å². The summed E-state index contributed by atoms with van der Waals surface area (Å²) in [7, 11) is 0. The average Bonchev–Trinajstić information content (AvgIpc) is 3.67. The third kappa shape index (κ3) is 5.67. The third-order valence-electron chi connectivity index (χ3n) is 10.3. The highest BCUT2D eigenvalue weighted by Crippen LogP contribution is 2.67. The predicted octanol–water partition coefficient (Wildman–Crippen LogP) is 1.86. The SMILES string of the molecule is CC(=O)O[C@@H]1C2=C(C)[C@H](OC(C)=O)C[C@@](O)([C@@H](OC(C)=O)[C@@H]3C4(CO4)[C@@H](OC(C)=O)C[C@@H](OC(C)=O)[C@@]3(C)[C@H]1OC(C)=O)C2(C)C. The van der Waals surface area contributed by atoms with E-state index in [1.54, 1.807) is 27.7 Å². The minimum atomic E-state index is -2.09. The van der Waals surface area contributed by atoms with Gasteiger partial charge in [-0.3, -0.25) is 28.8 Å². The van der Waals surface area contributed by atoms with Crippen LogP contribution in [0.25, 0.3) is 0 Å². The molecule has 1 spiro atoms. The van der Waals surface area contributed by atoms with Gasteiger partial charge in [0.15, 0.2) is 12.2 Å². The van der Waals surface area contributed by atoms with E-state index in [-0.39, 0.29) is 25.0 Å². The highest BCUT2D eigenvalue weighted by atomic mass is 16.6. The average molecular weight is 653 g/mol. The number of hydrogen-bond donors (Lipinski definition) is 1. The van der Waals surface area contributed by atoms with Crippen LogP contribution in [0.1, 0.15) is 82.1 Å². The van der Waals surface area contributed by atoms with E-state index >= 15 is 0 Å². The summed E-state index contributed by atoms with van der Waals surface area (Å²) in [5, 5.41) is 13.1. The minimum Gasteiger partial charge on any atom is -0.462 e. The van der Waals surface area contributed by atoms with Gasteiger partial charge >= 0.3 is 35.8 Å². The van der Waals surface area contributed by atoms with Crippen LogP contribution in [0, 0.1) is 16.7 Å². The van der Waals surface area contributed by atoms with Crippen LogP contribution in [0.2, 0.25) is 0 Å². The number of ether oxygens (including phenoxy) is 7. The van der Waals surface area contributed by atoms with E-state index in [9.17, 15) is 33.9 Å². The number of aliphatic hydroxyl groups is 1. The number of carbonyl (C=O) groups excluding carboxylic acids is 6. The Morgan fingerprint density at radius 2 is 1.15 bits per heavy atom. The van der Waals surface area contributed by atoms with Gasteiger partial charge in [-0.05, 0) is 18.1 Å². The van der Waals surface area contributed by atoms with Crippen molar-refractivity contribution in [3.8, 4) is 0 Å². The Morgan fingerprint density at radius 1 is 0.696 bits per heavy atom. The molecule has 0 radical (unpaired) electrons. The van der Waals surface area contributed by atoms with E-state index in [0.717, 1.165) is 13.8 Å². The van der Waals surface area contributed by atoms with Gasteiger partial charge in [0, 0.05) is 65.7 Å². The van der Waals surface area contributed by atoms with Crippen molar-refractivity contribution < 1.29 is 67.0 Å². The zero-order valence-corrected chi connectivity index (χ0v) is 27.9.